The molecule has 0 aliphatic heterocycles. The van der Waals surface area contributed by atoms with Gasteiger partial charge in [0.25, 0.3) is 10.0 Å². The molecule has 0 bridgehead atoms. The van der Waals surface area contributed by atoms with Gasteiger partial charge in [-0.2, -0.15) is 21.6 Å². The number of aromatic nitrogens is 1. The first-order valence-electron chi connectivity index (χ1n) is 7.59. The molecule has 0 saturated carbocycles. The summed E-state index contributed by atoms with van der Waals surface area (Å²) in [6, 6.07) is 9.28. The van der Waals surface area contributed by atoms with Crippen molar-refractivity contribution < 1.29 is 35.3 Å². The number of nitrogens with zero attached hydrogens (tertiary/aromatic N) is 1. The number of hydrogen-bond donors (Lipinski definition) is 1. The minimum atomic E-state index is -4.71. The molecule has 11 heteroatoms. The zero-order valence-corrected chi connectivity index (χ0v) is 14.6. The molecule has 0 saturated heterocycles. The maximum atomic E-state index is 12.6. The van der Waals surface area contributed by atoms with Crippen LogP contribution in [0.1, 0.15) is 12.7 Å². The summed E-state index contributed by atoms with van der Waals surface area (Å²) in [5.74, 6) is -1.18. The maximum Gasteiger partial charge on any atom is 0.452 e. The van der Waals surface area contributed by atoms with Gasteiger partial charge in [-0.3, -0.25) is 4.72 Å². The Bertz CT molecular complexity index is 1040. The number of furan rings is 1. The highest BCUT2D eigenvalue weighted by Crippen LogP contribution is 2.33. The molecule has 7 nitrogen and oxygen atoms in total. The third-order valence-corrected chi connectivity index (χ3v) is 4.56. The number of alkyl halides is 3. The number of ether oxygens (including phenoxy) is 1. The van der Waals surface area contributed by atoms with Gasteiger partial charge in [0.15, 0.2) is 5.76 Å². The highest BCUT2D eigenvalue weighted by molar-refractivity contribution is 7.92. The van der Waals surface area contributed by atoms with Crippen molar-refractivity contribution in [1.29, 1.82) is 0 Å². The Hall–Kier alpha value is -2.95. The molecule has 27 heavy (non-hydrogen) atoms. The van der Waals surface area contributed by atoms with E-state index in [1.54, 1.807) is 25.1 Å². The van der Waals surface area contributed by atoms with Gasteiger partial charge in [0.1, 0.15) is 11.4 Å². The Labute approximate surface area is 151 Å². The van der Waals surface area contributed by atoms with E-state index < -0.39 is 27.1 Å². The van der Waals surface area contributed by atoms with Gasteiger partial charge in [0.2, 0.25) is 10.9 Å². The third kappa shape index (κ3) is 4.08. The molecule has 0 fully saturated rings. The van der Waals surface area contributed by atoms with Gasteiger partial charge in [-0.05, 0) is 31.2 Å². The largest absolute Gasteiger partial charge is 0.492 e. The van der Waals surface area contributed by atoms with Crippen LogP contribution in [0.3, 0.4) is 0 Å². The normalized spacial score (nSPS) is 12.1. The molecule has 144 valence electrons. The van der Waals surface area contributed by atoms with Crippen molar-refractivity contribution in [3.63, 3.8) is 0 Å². The number of benzene rings is 1. The van der Waals surface area contributed by atoms with Crippen LogP contribution in [0.5, 0.6) is 5.75 Å². The summed E-state index contributed by atoms with van der Waals surface area (Å²) < 4.78 is 79.7. The fourth-order valence-electron chi connectivity index (χ4n) is 2.15. The molecule has 3 aromatic rings. The van der Waals surface area contributed by atoms with E-state index in [4.69, 9.17) is 9.15 Å². The molecule has 1 aromatic carbocycles. The van der Waals surface area contributed by atoms with Crippen molar-refractivity contribution in [2.24, 2.45) is 0 Å². The minimum Gasteiger partial charge on any atom is -0.492 e. The number of sulfonamides is 1. The summed E-state index contributed by atoms with van der Waals surface area (Å²) in [4.78, 5) is 0. The van der Waals surface area contributed by atoms with Gasteiger partial charge in [-0.1, -0.05) is 17.3 Å². The molecule has 3 rings (SSSR count). The maximum absolute atomic E-state index is 12.6. The highest BCUT2D eigenvalue weighted by atomic mass is 32.2. The second kappa shape index (κ2) is 6.99. The van der Waals surface area contributed by atoms with Gasteiger partial charge >= 0.3 is 6.18 Å². The monoisotopic (exact) mass is 402 g/mol. The second-order valence-electron chi connectivity index (χ2n) is 5.23. The van der Waals surface area contributed by atoms with Crippen molar-refractivity contribution in [2.75, 3.05) is 11.3 Å². The van der Waals surface area contributed by atoms with E-state index in [1.165, 1.54) is 12.1 Å². The number of nitrogens with one attached hydrogen (secondary N) is 1. The molecular weight excluding hydrogens is 389 g/mol. The van der Waals surface area contributed by atoms with E-state index in [1.807, 2.05) is 0 Å². The predicted octanol–water partition coefficient (Wildman–Crippen LogP) is 4.15. The summed E-state index contributed by atoms with van der Waals surface area (Å²) in [7, 11) is -4.14. The lowest BCUT2D eigenvalue weighted by Gasteiger charge is -2.11. The van der Waals surface area contributed by atoms with E-state index in [0.29, 0.717) is 18.4 Å². The third-order valence-electron chi connectivity index (χ3n) is 3.32. The van der Waals surface area contributed by atoms with E-state index in [-0.39, 0.29) is 17.1 Å². The molecule has 0 spiro atoms. The van der Waals surface area contributed by atoms with E-state index in [0.717, 1.165) is 6.07 Å². The smallest absolute Gasteiger partial charge is 0.452 e. The van der Waals surface area contributed by atoms with Crippen molar-refractivity contribution in [3.8, 4) is 17.2 Å². The molecule has 0 atom stereocenters. The first kappa shape index (κ1) is 18.8. The van der Waals surface area contributed by atoms with E-state index in [2.05, 4.69) is 14.4 Å². The quantitative estimate of drug-likeness (QED) is 0.666. The standard InChI is InChI=1S/C16H13F3N2O5S/c1-2-24-12-6-4-3-5-10(12)21-27(22,23)15-8-7-13(25-15)11-9-14(26-20-11)16(17,18)19/h3-9,21H,2H2,1H3. The van der Waals surface area contributed by atoms with Crippen molar-refractivity contribution in [2.45, 2.75) is 18.2 Å². The fourth-order valence-corrected chi connectivity index (χ4v) is 3.16. The number of anilines is 1. The lowest BCUT2D eigenvalue weighted by molar-refractivity contribution is -0.155. The summed E-state index contributed by atoms with van der Waals surface area (Å²) in [6.45, 7) is 2.08. The summed E-state index contributed by atoms with van der Waals surface area (Å²) in [5, 5.41) is 2.75. The van der Waals surface area contributed by atoms with Gasteiger partial charge < -0.3 is 13.7 Å². The van der Waals surface area contributed by atoms with E-state index in [9.17, 15) is 21.6 Å². The average molecular weight is 402 g/mol. The zero-order valence-electron chi connectivity index (χ0n) is 13.8. The van der Waals surface area contributed by atoms with Crippen LogP contribution in [0.25, 0.3) is 11.5 Å². The highest BCUT2D eigenvalue weighted by Gasteiger charge is 2.36. The molecule has 0 aliphatic rings. The Kier molecular flexibility index (Phi) is 4.87. The van der Waals surface area contributed by atoms with Crippen molar-refractivity contribution in [3.05, 3.63) is 48.2 Å². The Morgan fingerprint density at radius 1 is 1.19 bits per heavy atom. The van der Waals surface area contributed by atoms with Gasteiger partial charge in [0, 0.05) is 6.07 Å². The SMILES string of the molecule is CCOc1ccccc1NS(=O)(=O)c1ccc(-c2cc(C(F)(F)F)on2)o1. The molecule has 1 N–H and O–H groups in total. The van der Waals surface area contributed by atoms with Crippen LogP contribution < -0.4 is 9.46 Å². The van der Waals surface area contributed by atoms with Gasteiger partial charge in [-0.25, -0.2) is 0 Å². The van der Waals surface area contributed by atoms with Crippen LogP contribution in [0, 0.1) is 0 Å². The van der Waals surface area contributed by atoms with E-state index >= 15 is 0 Å². The molecular formula is C16H13F3N2O5S. The number of rotatable bonds is 6. The number of para-hydroxylation sites is 2. The van der Waals surface area contributed by atoms with Crippen LogP contribution in [0.15, 0.2) is 56.5 Å². The Balaban J connectivity index is 1.86. The van der Waals surface area contributed by atoms with Crippen LogP contribution in [-0.2, 0) is 16.2 Å². The topological polar surface area (TPSA) is 94.6 Å². The predicted molar refractivity (Wildman–Crippen MR) is 87.6 cm³/mol. The number of hydrogen-bond acceptors (Lipinski definition) is 6. The zero-order chi connectivity index (χ0) is 19.7. The molecule has 2 aromatic heterocycles. The van der Waals surface area contributed by atoms with Crippen LogP contribution in [0.2, 0.25) is 0 Å². The molecule has 0 unspecified atom stereocenters. The summed E-state index contributed by atoms with van der Waals surface area (Å²) >= 11 is 0. The molecule has 0 aliphatic carbocycles. The first-order valence-corrected chi connectivity index (χ1v) is 9.08. The minimum absolute atomic E-state index is 0.187. The van der Waals surface area contributed by atoms with Crippen LogP contribution in [-0.4, -0.2) is 20.2 Å². The average Bonchev–Trinajstić information content (AvgIpc) is 3.25. The van der Waals surface area contributed by atoms with Crippen LogP contribution in [0.4, 0.5) is 18.9 Å². The first-order chi connectivity index (χ1) is 12.7. The number of halogens is 3. The molecule has 0 radical (unpaired) electrons. The Morgan fingerprint density at radius 2 is 1.93 bits per heavy atom. The lowest BCUT2D eigenvalue weighted by Crippen LogP contribution is -2.13. The fraction of sp³-hybridized carbons (Fsp3) is 0.188. The van der Waals surface area contributed by atoms with Crippen molar-refractivity contribution >= 4 is 15.7 Å². The van der Waals surface area contributed by atoms with Gasteiger partial charge in [-0.15, -0.1) is 0 Å². The summed E-state index contributed by atoms with van der Waals surface area (Å²) in [5.41, 5.74) is -0.0865. The van der Waals surface area contributed by atoms with Gasteiger partial charge in [0.05, 0.1) is 12.3 Å². The molecule has 0 amide bonds. The lowest BCUT2D eigenvalue weighted by atomic mass is 10.3. The van der Waals surface area contributed by atoms with Crippen LogP contribution >= 0.6 is 0 Å². The summed E-state index contributed by atoms with van der Waals surface area (Å²) in [6.07, 6.45) is -4.71. The van der Waals surface area contributed by atoms with Crippen molar-refractivity contribution in [1.82, 2.24) is 5.16 Å². The Morgan fingerprint density at radius 3 is 2.59 bits per heavy atom. The second-order valence-corrected chi connectivity index (χ2v) is 6.84. The molecule has 2 heterocycles.